The number of aromatic nitrogens is 3. The third kappa shape index (κ3) is 4.49. The molecule has 0 unspecified atom stereocenters. The highest BCUT2D eigenvalue weighted by molar-refractivity contribution is 8.00. The number of thioether (sulfide) groups is 1. The second-order valence-corrected chi connectivity index (χ2v) is 7.12. The molecule has 0 bridgehead atoms. The molecule has 2 heterocycles. The average Bonchev–Trinajstić information content (AvgIpc) is 3.20. The molecule has 1 amide bonds. The van der Waals surface area contributed by atoms with Crippen LogP contribution in [0.4, 0.5) is 10.1 Å². The zero-order chi connectivity index (χ0) is 17.8. The standard InChI is InChI=1S/C16H19FN4O3S/c1-10(14(22)18-12-5-2-4-11(17)8-12)25-16-20-19-15(23)21(16)9-13-6-3-7-24-13/h2,4-5,8,10,13H,3,6-7,9H2,1H3,(H,18,22)(H,19,23)/t10-,13-/m0/s1. The monoisotopic (exact) mass is 366 g/mol. The van der Waals surface area contributed by atoms with E-state index >= 15 is 0 Å². The van der Waals surface area contributed by atoms with Gasteiger partial charge in [0.25, 0.3) is 0 Å². The van der Waals surface area contributed by atoms with E-state index in [2.05, 4.69) is 15.5 Å². The molecule has 2 atom stereocenters. The van der Waals surface area contributed by atoms with Gasteiger partial charge in [0.15, 0.2) is 5.16 Å². The van der Waals surface area contributed by atoms with Gasteiger partial charge in [0.05, 0.1) is 17.9 Å². The minimum atomic E-state index is -0.512. The molecule has 2 N–H and O–H groups in total. The van der Waals surface area contributed by atoms with Crippen molar-refractivity contribution in [2.24, 2.45) is 0 Å². The summed E-state index contributed by atoms with van der Waals surface area (Å²) in [6.07, 6.45) is 1.87. The molecule has 1 saturated heterocycles. The van der Waals surface area contributed by atoms with Crippen molar-refractivity contribution in [1.29, 1.82) is 0 Å². The first-order chi connectivity index (χ1) is 12.0. The van der Waals surface area contributed by atoms with Crippen LogP contribution < -0.4 is 11.0 Å². The number of hydrogen-bond acceptors (Lipinski definition) is 5. The van der Waals surface area contributed by atoms with E-state index in [4.69, 9.17) is 4.74 Å². The Hall–Kier alpha value is -2.13. The zero-order valence-electron chi connectivity index (χ0n) is 13.7. The van der Waals surface area contributed by atoms with Gasteiger partial charge in [0.1, 0.15) is 5.82 Å². The van der Waals surface area contributed by atoms with E-state index in [0.29, 0.717) is 24.0 Å². The van der Waals surface area contributed by atoms with Crippen molar-refractivity contribution in [1.82, 2.24) is 14.8 Å². The van der Waals surface area contributed by atoms with Gasteiger partial charge in [-0.3, -0.25) is 9.36 Å². The Morgan fingerprint density at radius 2 is 2.44 bits per heavy atom. The molecular formula is C16H19FN4O3S. The molecule has 2 aromatic rings. The Labute approximate surface area is 148 Å². The van der Waals surface area contributed by atoms with Gasteiger partial charge in [-0.15, -0.1) is 5.10 Å². The summed E-state index contributed by atoms with van der Waals surface area (Å²) < 4.78 is 20.2. The van der Waals surface area contributed by atoms with E-state index in [1.165, 1.54) is 34.5 Å². The number of benzene rings is 1. The number of anilines is 1. The van der Waals surface area contributed by atoms with Gasteiger partial charge in [-0.05, 0) is 38.0 Å². The van der Waals surface area contributed by atoms with Crippen LogP contribution in [0.25, 0.3) is 0 Å². The molecule has 0 radical (unpaired) electrons. The van der Waals surface area contributed by atoms with Crippen molar-refractivity contribution >= 4 is 23.4 Å². The van der Waals surface area contributed by atoms with E-state index in [0.717, 1.165) is 12.8 Å². The Kier molecular flexibility index (Phi) is 5.54. The predicted molar refractivity (Wildman–Crippen MR) is 92.2 cm³/mol. The summed E-state index contributed by atoms with van der Waals surface area (Å²) in [6, 6.07) is 5.69. The molecule has 9 heteroatoms. The summed E-state index contributed by atoms with van der Waals surface area (Å²) in [7, 11) is 0. The van der Waals surface area contributed by atoms with Gasteiger partial charge < -0.3 is 10.1 Å². The van der Waals surface area contributed by atoms with Crippen molar-refractivity contribution in [3.63, 3.8) is 0 Å². The average molecular weight is 366 g/mol. The van der Waals surface area contributed by atoms with Crippen molar-refractivity contribution in [3.8, 4) is 0 Å². The highest BCUT2D eigenvalue weighted by atomic mass is 32.2. The Bertz CT molecular complexity index is 801. The number of ether oxygens (including phenoxy) is 1. The number of hydrogen-bond donors (Lipinski definition) is 2. The summed E-state index contributed by atoms with van der Waals surface area (Å²) in [5.74, 6) is -0.717. The maximum Gasteiger partial charge on any atom is 0.344 e. The van der Waals surface area contributed by atoms with Crippen molar-refractivity contribution < 1.29 is 13.9 Å². The lowest BCUT2D eigenvalue weighted by atomic mass is 10.2. The van der Waals surface area contributed by atoms with Crippen molar-refractivity contribution in [2.75, 3.05) is 11.9 Å². The lowest BCUT2D eigenvalue weighted by molar-refractivity contribution is -0.115. The summed E-state index contributed by atoms with van der Waals surface area (Å²) in [4.78, 5) is 24.2. The van der Waals surface area contributed by atoms with Crippen LogP contribution in [-0.2, 0) is 16.1 Å². The second-order valence-electron chi connectivity index (χ2n) is 5.82. The highest BCUT2D eigenvalue weighted by Crippen LogP contribution is 2.23. The Balaban J connectivity index is 1.65. The fourth-order valence-electron chi connectivity index (χ4n) is 2.57. The van der Waals surface area contributed by atoms with Crippen LogP contribution in [0.5, 0.6) is 0 Å². The molecule has 1 aliphatic rings. The molecule has 3 rings (SSSR count). The lowest BCUT2D eigenvalue weighted by Crippen LogP contribution is -2.27. The summed E-state index contributed by atoms with van der Waals surface area (Å²) in [5, 5.41) is 8.98. The van der Waals surface area contributed by atoms with E-state index in [-0.39, 0.29) is 17.7 Å². The summed E-state index contributed by atoms with van der Waals surface area (Å²) in [6.45, 7) is 2.82. The molecule has 134 valence electrons. The molecular weight excluding hydrogens is 347 g/mol. The minimum Gasteiger partial charge on any atom is -0.376 e. The SMILES string of the molecule is C[C@H](Sc1n[nH]c(=O)n1C[C@@H]1CCCO1)C(=O)Nc1cccc(F)c1. The molecule has 1 aromatic carbocycles. The van der Waals surface area contributed by atoms with E-state index in [1.54, 1.807) is 13.0 Å². The maximum absolute atomic E-state index is 13.2. The minimum absolute atomic E-state index is 0.00826. The van der Waals surface area contributed by atoms with Crippen LogP contribution in [0.15, 0.2) is 34.2 Å². The summed E-state index contributed by atoms with van der Waals surface area (Å²) in [5.41, 5.74) is 0.0620. The second kappa shape index (κ2) is 7.83. The van der Waals surface area contributed by atoms with Gasteiger partial charge in [-0.1, -0.05) is 17.8 Å². The topological polar surface area (TPSA) is 89.0 Å². The molecule has 0 spiro atoms. The fourth-order valence-corrected chi connectivity index (χ4v) is 3.43. The number of halogens is 1. The summed E-state index contributed by atoms with van der Waals surface area (Å²) >= 11 is 1.17. The highest BCUT2D eigenvalue weighted by Gasteiger charge is 2.23. The van der Waals surface area contributed by atoms with Crippen LogP contribution in [0, 0.1) is 5.82 Å². The number of aromatic amines is 1. The molecule has 1 fully saturated rings. The first kappa shape index (κ1) is 17.7. The van der Waals surface area contributed by atoms with Crippen LogP contribution in [0.2, 0.25) is 0 Å². The van der Waals surface area contributed by atoms with Gasteiger partial charge >= 0.3 is 5.69 Å². The van der Waals surface area contributed by atoms with Gasteiger partial charge in [-0.2, -0.15) is 0 Å². The number of nitrogens with one attached hydrogen (secondary N) is 2. The largest absolute Gasteiger partial charge is 0.376 e. The third-order valence-electron chi connectivity index (χ3n) is 3.88. The first-order valence-corrected chi connectivity index (χ1v) is 8.91. The molecule has 1 aliphatic heterocycles. The van der Waals surface area contributed by atoms with Gasteiger partial charge in [-0.25, -0.2) is 14.3 Å². The molecule has 1 aromatic heterocycles. The quantitative estimate of drug-likeness (QED) is 0.764. The Morgan fingerprint density at radius 1 is 1.60 bits per heavy atom. The molecule has 0 saturated carbocycles. The van der Waals surface area contributed by atoms with Gasteiger partial charge in [0.2, 0.25) is 5.91 Å². The van der Waals surface area contributed by atoms with Crippen LogP contribution in [-0.4, -0.2) is 38.6 Å². The molecule has 7 nitrogen and oxygen atoms in total. The smallest absolute Gasteiger partial charge is 0.344 e. The van der Waals surface area contributed by atoms with Crippen LogP contribution in [0.3, 0.4) is 0 Å². The number of nitrogens with zero attached hydrogens (tertiary/aromatic N) is 2. The number of rotatable bonds is 6. The van der Waals surface area contributed by atoms with Gasteiger partial charge in [0, 0.05) is 12.3 Å². The van der Waals surface area contributed by atoms with Crippen LogP contribution >= 0.6 is 11.8 Å². The normalized spacial score (nSPS) is 18.2. The number of amides is 1. The third-order valence-corrected chi connectivity index (χ3v) is 4.97. The number of carbonyl (C=O) groups is 1. The molecule has 25 heavy (non-hydrogen) atoms. The van der Waals surface area contributed by atoms with Crippen molar-refractivity contribution in [2.45, 2.75) is 42.8 Å². The predicted octanol–water partition coefficient (Wildman–Crippen LogP) is 2.01. The van der Waals surface area contributed by atoms with E-state index < -0.39 is 11.1 Å². The molecule has 0 aliphatic carbocycles. The first-order valence-electron chi connectivity index (χ1n) is 8.03. The maximum atomic E-state index is 13.2. The van der Waals surface area contributed by atoms with E-state index in [1.807, 2.05) is 0 Å². The lowest BCUT2D eigenvalue weighted by Gasteiger charge is -2.14. The van der Waals surface area contributed by atoms with Crippen LogP contribution in [0.1, 0.15) is 19.8 Å². The fraction of sp³-hybridized carbons (Fsp3) is 0.438. The number of H-pyrrole nitrogens is 1. The van der Waals surface area contributed by atoms with E-state index in [9.17, 15) is 14.0 Å². The zero-order valence-corrected chi connectivity index (χ0v) is 14.5. The number of carbonyl (C=O) groups excluding carboxylic acids is 1. The van der Waals surface area contributed by atoms with Crippen molar-refractivity contribution in [3.05, 3.63) is 40.6 Å². The Morgan fingerprint density at radius 3 is 3.16 bits per heavy atom.